The van der Waals surface area contributed by atoms with E-state index in [1.165, 1.54) is 32.0 Å². The molecule has 0 spiro atoms. The van der Waals surface area contributed by atoms with Crippen LogP contribution < -0.4 is 4.72 Å². The molecule has 0 aromatic heterocycles. The molecule has 1 rings (SSSR count). The second kappa shape index (κ2) is 5.97. The molecule has 0 aliphatic rings. The Morgan fingerprint density at radius 2 is 2.10 bits per heavy atom. The van der Waals surface area contributed by atoms with E-state index in [2.05, 4.69) is 4.72 Å². The summed E-state index contributed by atoms with van der Waals surface area (Å²) in [4.78, 5) is 20.5. The van der Waals surface area contributed by atoms with Crippen molar-refractivity contribution in [1.29, 1.82) is 0 Å². The molecule has 1 aromatic carbocycles. The van der Waals surface area contributed by atoms with Gasteiger partial charge >= 0.3 is 5.97 Å². The van der Waals surface area contributed by atoms with Crippen molar-refractivity contribution in [2.45, 2.75) is 18.7 Å². The number of sulfonamides is 1. The van der Waals surface area contributed by atoms with Gasteiger partial charge in [0.2, 0.25) is 10.0 Å². The van der Waals surface area contributed by atoms with E-state index in [9.17, 15) is 23.3 Å². The number of carboxylic acid groups (broad SMARTS) is 1. The van der Waals surface area contributed by atoms with E-state index in [0.717, 1.165) is 0 Å². The summed E-state index contributed by atoms with van der Waals surface area (Å²) in [7, 11) is -3.99. The molecule has 0 radical (unpaired) electrons. The molecule has 1 unspecified atom stereocenters. The van der Waals surface area contributed by atoms with Crippen LogP contribution in [0.25, 0.3) is 0 Å². The van der Waals surface area contributed by atoms with Gasteiger partial charge in [0.25, 0.3) is 5.69 Å². The molecule has 0 aliphatic carbocycles. The first-order chi connectivity index (χ1) is 9.16. The van der Waals surface area contributed by atoms with Crippen LogP contribution in [-0.4, -0.2) is 31.0 Å². The third-order valence-corrected chi connectivity index (χ3v) is 4.31. The van der Waals surface area contributed by atoms with Gasteiger partial charge in [-0.3, -0.25) is 14.9 Å². The Labute approximate surface area is 115 Å². The van der Waals surface area contributed by atoms with Crippen molar-refractivity contribution in [3.05, 3.63) is 33.9 Å². The zero-order valence-electron chi connectivity index (χ0n) is 10.9. The van der Waals surface area contributed by atoms with E-state index < -0.39 is 26.8 Å². The lowest BCUT2D eigenvalue weighted by molar-refractivity contribution is -0.385. The standard InChI is InChI=1S/C11H14N2O6S/c1-7(11(14)15)6-12-20(18,19)10-5-3-4-9(8(10)2)13(16)17/h3-5,7,12H,6H2,1-2H3,(H,14,15). The molecule has 0 aliphatic heterocycles. The number of hydrogen-bond acceptors (Lipinski definition) is 5. The van der Waals surface area contributed by atoms with E-state index in [-0.39, 0.29) is 22.7 Å². The Balaban J connectivity index is 3.08. The zero-order chi connectivity index (χ0) is 15.5. The van der Waals surface area contributed by atoms with E-state index in [1.807, 2.05) is 0 Å². The second-order valence-electron chi connectivity index (χ2n) is 4.25. The minimum absolute atomic E-state index is 0.00739. The van der Waals surface area contributed by atoms with Gasteiger partial charge in [0.1, 0.15) is 0 Å². The van der Waals surface area contributed by atoms with Crippen LogP contribution >= 0.6 is 0 Å². The van der Waals surface area contributed by atoms with Gasteiger partial charge in [0.15, 0.2) is 0 Å². The maximum atomic E-state index is 12.0. The largest absolute Gasteiger partial charge is 0.481 e. The lowest BCUT2D eigenvalue weighted by Gasteiger charge is -2.11. The molecule has 1 atom stereocenters. The van der Waals surface area contributed by atoms with Gasteiger partial charge < -0.3 is 5.11 Å². The van der Waals surface area contributed by atoms with Crippen LogP contribution in [-0.2, 0) is 14.8 Å². The van der Waals surface area contributed by atoms with Crippen molar-refractivity contribution < 1.29 is 23.2 Å². The monoisotopic (exact) mass is 302 g/mol. The maximum absolute atomic E-state index is 12.0. The van der Waals surface area contributed by atoms with Crippen molar-refractivity contribution in [3.63, 3.8) is 0 Å². The number of hydrogen-bond donors (Lipinski definition) is 2. The average molecular weight is 302 g/mol. The predicted octanol–water partition coefficient (Wildman–Crippen LogP) is 0.902. The van der Waals surface area contributed by atoms with E-state index in [0.29, 0.717) is 0 Å². The topological polar surface area (TPSA) is 127 Å². The Hall–Kier alpha value is -2.00. The fourth-order valence-electron chi connectivity index (χ4n) is 1.49. The van der Waals surface area contributed by atoms with Gasteiger partial charge in [0.05, 0.1) is 15.7 Å². The lowest BCUT2D eigenvalue weighted by atomic mass is 10.2. The number of nitro benzene ring substituents is 1. The summed E-state index contributed by atoms with van der Waals surface area (Å²) in [5.41, 5.74) is -0.299. The third-order valence-electron chi connectivity index (χ3n) is 2.74. The number of carbonyl (C=O) groups is 1. The Morgan fingerprint density at radius 1 is 1.50 bits per heavy atom. The fraction of sp³-hybridized carbons (Fsp3) is 0.364. The number of aliphatic carboxylic acids is 1. The zero-order valence-corrected chi connectivity index (χ0v) is 11.7. The molecule has 1 aromatic rings. The molecule has 0 saturated carbocycles. The molecule has 0 amide bonds. The molecular formula is C11H14N2O6S. The number of nitro groups is 1. The van der Waals surface area contributed by atoms with Crippen molar-refractivity contribution in [1.82, 2.24) is 4.72 Å². The Bertz CT molecular complexity index is 640. The molecule has 8 nitrogen and oxygen atoms in total. The smallest absolute Gasteiger partial charge is 0.307 e. The minimum atomic E-state index is -3.99. The van der Waals surface area contributed by atoms with E-state index >= 15 is 0 Å². The summed E-state index contributed by atoms with van der Waals surface area (Å²) >= 11 is 0. The minimum Gasteiger partial charge on any atom is -0.481 e. The van der Waals surface area contributed by atoms with Crippen LogP contribution in [0.3, 0.4) is 0 Å². The summed E-state index contributed by atoms with van der Waals surface area (Å²) in [6, 6.07) is 3.70. The lowest BCUT2D eigenvalue weighted by Crippen LogP contribution is -2.32. The fourth-order valence-corrected chi connectivity index (χ4v) is 2.88. The van der Waals surface area contributed by atoms with Crippen molar-refractivity contribution >= 4 is 21.7 Å². The van der Waals surface area contributed by atoms with Gasteiger partial charge in [0, 0.05) is 18.2 Å². The maximum Gasteiger partial charge on any atom is 0.307 e. The highest BCUT2D eigenvalue weighted by Gasteiger charge is 2.24. The molecular weight excluding hydrogens is 288 g/mol. The molecule has 0 saturated heterocycles. The molecule has 0 heterocycles. The van der Waals surface area contributed by atoms with Gasteiger partial charge in [-0.2, -0.15) is 0 Å². The van der Waals surface area contributed by atoms with Crippen LogP contribution in [0.1, 0.15) is 12.5 Å². The third kappa shape index (κ3) is 3.52. The van der Waals surface area contributed by atoms with Crippen LogP contribution in [0.15, 0.2) is 23.1 Å². The van der Waals surface area contributed by atoms with Gasteiger partial charge in [-0.15, -0.1) is 0 Å². The molecule has 2 N–H and O–H groups in total. The highest BCUT2D eigenvalue weighted by atomic mass is 32.2. The SMILES string of the molecule is Cc1c([N+](=O)[O-])cccc1S(=O)(=O)NCC(C)C(=O)O. The number of carboxylic acids is 1. The van der Waals surface area contributed by atoms with Crippen molar-refractivity contribution in [2.24, 2.45) is 5.92 Å². The Kier molecular flexibility index (Phi) is 4.79. The van der Waals surface area contributed by atoms with Crippen LogP contribution in [0.2, 0.25) is 0 Å². The van der Waals surface area contributed by atoms with Crippen LogP contribution in [0.4, 0.5) is 5.69 Å². The molecule has 0 bridgehead atoms. The summed E-state index contributed by atoms with van der Waals surface area (Å²) < 4.78 is 26.2. The number of nitrogens with zero attached hydrogens (tertiary/aromatic N) is 1. The molecule has 110 valence electrons. The summed E-state index contributed by atoms with van der Waals surface area (Å²) in [5, 5.41) is 19.5. The summed E-state index contributed by atoms with van der Waals surface area (Å²) in [6.07, 6.45) is 0. The first-order valence-corrected chi connectivity index (χ1v) is 7.11. The Morgan fingerprint density at radius 3 is 2.60 bits per heavy atom. The quantitative estimate of drug-likeness (QED) is 0.593. The van der Waals surface area contributed by atoms with Gasteiger partial charge in [-0.1, -0.05) is 13.0 Å². The first-order valence-electron chi connectivity index (χ1n) is 5.63. The van der Waals surface area contributed by atoms with E-state index in [4.69, 9.17) is 5.11 Å². The summed E-state index contributed by atoms with van der Waals surface area (Å²) in [5.74, 6) is -2.03. The van der Waals surface area contributed by atoms with Crippen molar-refractivity contribution in [2.75, 3.05) is 6.54 Å². The number of nitrogens with one attached hydrogen (secondary N) is 1. The normalized spacial score (nSPS) is 12.9. The van der Waals surface area contributed by atoms with Gasteiger partial charge in [-0.25, -0.2) is 13.1 Å². The molecule has 0 fully saturated rings. The highest BCUT2D eigenvalue weighted by Crippen LogP contribution is 2.24. The predicted molar refractivity (Wildman–Crippen MR) is 69.8 cm³/mol. The first kappa shape index (κ1) is 16.1. The number of benzene rings is 1. The second-order valence-corrected chi connectivity index (χ2v) is 5.98. The highest BCUT2D eigenvalue weighted by molar-refractivity contribution is 7.89. The molecule has 9 heteroatoms. The van der Waals surface area contributed by atoms with E-state index in [1.54, 1.807) is 0 Å². The van der Waals surface area contributed by atoms with Crippen LogP contribution in [0.5, 0.6) is 0 Å². The summed E-state index contributed by atoms with van der Waals surface area (Å²) in [6.45, 7) is 2.39. The number of rotatable bonds is 6. The van der Waals surface area contributed by atoms with Crippen LogP contribution in [0, 0.1) is 23.0 Å². The molecule has 20 heavy (non-hydrogen) atoms. The average Bonchev–Trinajstić information content (AvgIpc) is 2.35. The van der Waals surface area contributed by atoms with Gasteiger partial charge in [-0.05, 0) is 13.0 Å². The van der Waals surface area contributed by atoms with Crippen molar-refractivity contribution in [3.8, 4) is 0 Å².